The minimum Gasteiger partial charge on any atom is -0.497 e. The number of benzene rings is 1. The van der Waals surface area contributed by atoms with Crippen molar-refractivity contribution in [3.63, 3.8) is 0 Å². The van der Waals surface area contributed by atoms with E-state index in [0.29, 0.717) is 19.1 Å². The van der Waals surface area contributed by atoms with Crippen LogP contribution in [0.25, 0.3) is 0 Å². The van der Waals surface area contributed by atoms with Crippen molar-refractivity contribution >= 4 is 5.91 Å². The second-order valence-electron chi connectivity index (χ2n) is 7.98. The highest BCUT2D eigenvalue weighted by Crippen LogP contribution is 2.45. The van der Waals surface area contributed by atoms with Crippen LogP contribution in [0.1, 0.15) is 18.4 Å². The van der Waals surface area contributed by atoms with Gasteiger partial charge in [0.1, 0.15) is 5.75 Å². The quantitative estimate of drug-likeness (QED) is 0.804. The lowest BCUT2D eigenvalue weighted by Gasteiger charge is -2.40. The molecule has 6 heteroatoms. The molecule has 3 aliphatic heterocycles. The zero-order chi connectivity index (χ0) is 18.7. The molecule has 3 fully saturated rings. The highest BCUT2D eigenvalue weighted by atomic mass is 16.5. The fraction of sp³-hybridized carbons (Fsp3) is 0.667. The standard InChI is InChI=1S/C21H30N2O4/c1-25-18-4-2-17(3-5-18)14-22-15-19(20(24)23-8-12-27-13-9-23)21(16-22)6-10-26-11-7-21/h2-5,19H,6-16H2,1H3/t19-/m0/s1. The van der Waals surface area contributed by atoms with Crippen LogP contribution in [0.15, 0.2) is 24.3 Å². The molecule has 0 unspecified atom stereocenters. The number of morpholine rings is 1. The maximum atomic E-state index is 13.3. The first kappa shape index (κ1) is 18.7. The van der Waals surface area contributed by atoms with E-state index < -0.39 is 0 Å². The van der Waals surface area contributed by atoms with Gasteiger partial charge in [0, 0.05) is 51.4 Å². The normalized spacial score (nSPS) is 25.7. The summed E-state index contributed by atoms with van der Waals surface area (Å²) in [6.07, 6.45) is 1.96. The zero-order valence-corrected chi connectivity index (χ0v) is 16.2. The molecule has 1 spiro atoms. The SMILES string of the molecule is COc1ccc(CN2C[C@@H](C(=O)N3CCOCC3)C3(CCOCC3)C2)cc1. The summed E-state index contributed by atoms with van der Waals surface area (Å²) in [6, 6.07) is 8.25. The van der Waals surface area contributed by atoms with Crippen molar-refractivity contribution < 1.29 is 19.0 Å². The lowest BCUT2D eigenvalue weighted by molar-refractivity contribution is -0.144. The van der Waals surface area contributed by atoms with Crippen molar-refractivity contribution in [2.45, 2.75) is 19.4 Å². The molecule has 4 rings (SSSR count). The summed E-state index contributed by atoms with van der Waals surface area (Å²) in [6.45, 7) is 6.98. The predicted molar refractivity (Wildman–Crippen MR) is 102 cm³/mol. The van der Waals surface area contributed by atoms with Gasteiger partial charge in [0.25, 0.3) is 0 Å². The fourth-order valence-corrected chi connectivity index (χ4v) is 4.81. The third-order valence-electron chi connectivity index (χ3n) is 6.39. The fourth-order valence-electron chi connectivity index (χ4n) is 4.81. The number of ether oxygens (including phenoxy) is 3. The van der Waals surface area contributed by atoms with Crippen molar-refractivity contribution in [2.75, 3.05) is 59.7 Å². The smallest absolute Gasteiger partial charge is 0.227 e. The first-order valence-corrected chi connectivity index (χ1v) is 10.00. The summed E-state index contributed by atoms with van der Waals surface area (Å²) < 4.78 is 16.3. The molecule has 148 valence electrons. The van der Waals surface area contributed by atoms with E-state index in [2.05, 4.69) is 17.0 Å². The maximum absolute atomic E-state index is 13.3. The molecular formula is C21H30N2O4. The molecule has 1 atom stereocenters. The van der Waals surface area contributed by atoms with Crippen LogP contribution < -0.4 is 4.74 Å². The molecule has 3 aliphatic rings. The first-order valence-electron chi connectivity index (χ1n) is 10.00. The minimum absolute atomic E-state index is 0.0557. The Morgan fingerprint density at radius 3 is 2.44 bits per heavy atom. The van der Waals surface area contributed by atoms with Gasteiger partial charge in [-0.05, 0) is 30.5 Å². The molecule has 0 N–H and O–H groups in total. The molecule has 1 aromatic carbocycles. The molecule has 27 heavy (non-hydrogen) atoms. The van der Waals surface area contributed by atoms with Gasteiger partial charge < -0.3 is 19.1 Å². The summed E-state index contributed by atoms with van der Waals surface area (Å²) in [5.41, 5.74) is 1.32. The Bertz CT molecular complexity index is 636. The topological polar surface area (TPSA) is 51.2 Å². The van der Waals surface area contributed by atoms with E-state index in [-0.39, 0.29) is 11.3 Å². The maximum Gasteiger partial charge on any atom is 0.227 e. The third-order valence-corrected chi connectivity index (χ3v) is 6.39. The average Bonchev–Trinajstić information content (AvgIpc) is 3.06. The van der Waals surface area contributed by atoms with E-state index in [9.17, 15) is 4.79 Å². The van der Waals surface area contributed by atoms with Gasteiger partial charge in [0.15, 0.2) is 0 Å². The van der Waals surface area contributed by atoms with Crippen molar-refractivity contribution in [1.82, 2.24) is 9.80 Å². The van der Waals surface area contributed by atoms with Gasteiger partial charge in [-0.3, -0.25) is 9.69 Å². The number of methoxy groups -OCH3 is 1. The van der Waals surface area contributed by atoms with E-state index in [4.69, 9.17) is 14.2 Å². The van der Waals surface area contributed by atoms with Gasteiger partial charge in [0.2, 0.25) is 5.91 Å². The van der Waals surface area contributed by atoms with Crippen molar-refractivity contribution in [1.29, 1.82) is 0 Å². The molecule has 0 aliphatic carbocycles. The monoisotopic (exact) mass is 374 g/mol. The second kappa shape index (κ2) is 8.17. The summed E-state index contributed by atoms with van der Waals surface area (Å²) in [5.74, 6) is 1.26. The molecule has 0 saturated carbocycles. The highest BCUT2D eigenvalue weighted by Gasteiger charge is 2.51. The number of hydrogen-bond donors (Lipinski definition) is 0. The lowest BCUT2D eigenvalue weighted by Crippen LogP contribution is -2.49. The van der Waals surface area contributed by atoms with Gasteiger partial charge >= 0.3 is 0 Å². The molecule has 0 radical (unpaired) electrons. The zero-order valence-electron chi connectivity index (χ0n) is 16.2. The van der Waals surface area contributed by atoms with Crippen LogP contribution in [0.3, 0.4) is 0 Å². The van der Waals surface area contributed by atoms with Crippen LogP contribution in [-0.4, -0.2) is 75.4 Å². The van der Waals surface area contributed by atoms with E-state index in [1.807, 2.05) is 17.0 Å². The van der Waals surface area contributed by atoms with E-state index in [0.717, 1.165) is 64.5 Å². The number of likely N-dealkylation sites (tertiary alicyclic amines) is 1. The summed E-state index contributed by atoms with van der Waals surface area (Å²) in [4.78, 5) is 17.8. The number of nitrogens with zero attached hydrogens (tertiary/aromatic N) is 2. The molecule has 0 bridgehead atoms. The largest absolute Gasteiger partial charge is 0.497 e. The Morgan fingerprint density at radius 2 is 1.78 bits per heavy atom. The number of carbonyl (C=O) groups is 1. The van der Waals surface area contributed by atoms with E-state index in [1.54, 1.807) is 7.11 Å². The van der Waals surface area contributed by atoms with Gasteiger partial charge in [-0.15, -0.1) is 0 Å². The van der Waals surface area contributed by atoms with E-state index in [1.165, 1.54) is 5.56 Å². The number of carbonyl (C=O) groups excluding carboxylic acids is 1. The van der Waals surface area contributed by atoms with Crippen LogP contribution in [0, 0.1) is 11.3 Å². The van der Waals surface area contributed by atoms with Crippen molar-refractivity contribution in [3.05, 3.63) is 29.8 Å². The van der Waals surface area contributed by atoms with E-state index >= 15 is 0 Å². The Kier molecular flexibility index (Phi) is 5.66. The number of hydrogen-bond acceptors (Lipinski definition) is 5. The summed E-state index contributed by atoms with van der Waals surface area (Å²) in [7, 11) is 1.69. The van der Waals surface area contributed by atoms with Gasteiger partial charge in [-0.2, -0.15) is 0 Å². The number of rotatable bonds is 4. The Morgan fingerprint density at radius 1 is 1.11 bits per heavy atom. The molecule has 6 nitrogen and oxygen atoms in total. The first-order chi connectivity index (χ1) is 13.2. The molecule has 0 aromatic heterocycles. The van der Waals surface area contributed by atoms with Crippen LogP contribution in [0.2, 0.25) is 0 Å². The van der Waals surface area contributed by atoms with Crippen LogP contribution >= 0.6 is 0 Å². The third kappa shape index (κ3) is 3.98. The lowest BCUT2D eigenvalue weighted by atomic mass is 9.71. The Balaban J connectivity index is 1.49. The minimum atomic E-state index is 0.0557. The summed E-state index contributed by atoms with van der Waals surface area (Å²) >= 11 is 0. The van der Waals surface area contributed by atoms with Gasteiger partial charge in [-0.1, -0.05) is 12.1 Å². The van der Waals surface area contributed by atoms with Crippen LogP contribution in [0.4, 0.5) is 0 Å². The summed E-state index contributed by atoms with van der Waals surface area (Å²) in [5, 5.41) is 0. The number of amides is 1. The van der Waals surface area contributed by atoms with Crippen LogP contribution in [-0.2, 0) is 20.8 Å². The van der Waals surface area contributed by atoms with Crippen LogP contribution in [0.5, 0.6) is 5.75 Å². The average molecular weight is 374 g/mol. The second-order valence-corrected chi connectivity index (χ2v) is 7.98. The Labute approximate surface area is 161 Å². The molecule has 3 saturated heterocycles. The molecule has 1 aromatic rings. The Hall–Kier alpha value is -1.63. The molecule has 1 amide bonds. The van der Waals surface area contributed by atoms with Crippen molar-refractivity contribution in [2.24, 2.45) is 11.3 Å². The molecular weight excluding hydrogens is 344 g/mol. The van der Waals surface area contributed by atoms with Gasteiger partial charge in [-0.25, -0.2) is 0 Å². The highest BCUT2D eigenvalue weighted by molar-refractivity contribution is 5.80. The molecule has 3 heterocycles. The van der Waals surface area contributed by atoms with Gasteiger partial charge in [0.05, 0.1) is 26.2 Å². The predicted octanol–water partition coefficient (Wildman–Crippen LogP) is 1.78. The van der Waals surface area contributed by atoms with Crippen molar-refractivity contribution in [3.8, 4) is 5.75 Å².